The van der Waals surface area contributed by atoms with Crippen molar-refractivity contribution < 1.29 is 17.3 Å². The maximum atomic E-state index is 5.47. The third kappa shape index (κ3) is 26.4. The standard InChI is InChI=1S/C18H37N.Ag.HI/c1-2-3-4-5-6-7-8-9-10-11-12-13-14-15-16-17-18-19;;/h9-10H,2-8,11-19H2,1H3;;1H/q;+1;/p-1/b10-9-;;. The Bertz CT molecular complexity index is 186. The average Bonchev–Trinajstić information content (AvgIpc) is 2.53. The van der Waals surface area contributed by atoms with Crippen LogP contribution in [0, 0.1) is 0 Å². The third-order valence-corrected chi connectivity index (χ3v) is 3.72. The summed E-state index contributed by atoms with van der Waals surface area (Å²) in [7, 11) is 0. The van der Waals surface area contributed by atoms with Crippen molar-refractivity contribution in [3.63, 3.8) is 0 Å². The summed E-state index contributed by atoms with van der Waals surface area (Å²) >= 11 is 4.88. The Labute approximate surface area is 156 Å². The first-order valence-corrected chi connectivity index (χ1v) is 13.3. The quantitative estimate of drug-likeness (QED) is 0.113. The molecule has 0 atom stereocenters. The van der Waals surface area contributed by atoms with Crippen LogP contribution in [0.5, 0.6) is 0 Å². The van der Waals surface area contributed by atoms with Crippen molar-refractivity contribution in [1.82, 2.24) is 0 Å². The van der Waals surface area contributed by atoms with Gasteiger partial charge in [-0.1, -0.05) is 76.9 Å². The van der Waals surface area contributed by atoms with Crippen molar-refractivity contribution in [2.24, 2.45) is 5.73 Å². The summed E-state index contributed by atoms with van der Waals surface area (Å²) < 4.78 is 0. The Morgan fingerprint density at radius 2 is 1.05 bits per heavy atom. The van der Waals surface area contributed by atoms with Crippen LogP contribution in [0.4, 0.5) is 0 Å². The molecule has 1 nitrogen and oxygen atoms in total. The van der Waals surface area contributed by atoms with E-state index >= 15 is 0 Å². The summed E-state index contributed by atoms with van der Waals surface area (Å²) in [5, 5.41) is 0. The number of allylic oxidation sites excluding steroid dienone is 2. The van der Waals surface area contributed by atoms with Gasteiger partial charge in [0.2, 0.25) is 0 Å². The minimum atomic E-state index is 0.862. The zero-order chi connectivity index (χ0) is 16.0. The molecule has 21 heavy (non-hydrogen) atoms. The molecule has 2 N–H and O–H groups in total. The molecule has 0 amide bonds. The molecule has 0 radical (unpaired) electrons. The molecule has 0 aliphatic heterocycles. The molecule has 0 rings (SSSR count). The molecule has 0 fully saturated rings. The van der Waals surface area contributed by atoms with Crippen LogP contribution in [0.1, 0.15) is 96.8 Å². The average molecular weight is 502 g/mol. The molecule has 0 aromatic heterocycles. The van der Waals surface area contributed by atoms with E-state index in [9.17, 15) is 0 Å². The van der Waals surface area contributed by atoms with E-state index in [0.29, 0.717) is 0 Å². The third-order valence-electron chi connectivity index (χ3n) is 3.72. The second-order valence-corrected chi connectivity index (χ2v) is 5.73. The van der Waals surface area contributed by atoms with Gasteiger partial charge in [-0.3, -0.25) is 0 Å². The van der Waals surface area contributed by atoms with Crippen molar-refractivity contribution >= 4 is 19.0 Å². The molecule has 0 heterocycles. The summed E-state index contributed by atoms with van der Waals surface area (Å²) in [5.41, 5.74) is 5.47. The second-order valence-electron chi connectivity index (χ2n) is 5.73. The van der Waals surface area contributed by atoms with Crippen molar-refractivity contribution in [3.8, 4) is 0 Å². The van der Waals surface area contributed by atoms with Crippen LogP contribution < -0.4 is 5.73 Å². The van der Waals surface area contributed by atoms with Crippen molar-refractivity contribution in [2.75, 3.05) is 6.54 Å². The fourth-order valence-corrected chi connectivity index (χ4v) is 2.39. The molecule has 0 spiro atoms. The number of unbranched alkanes of at least 4 members (excludes halogenated alkanes) is 12. The van der Waals surface area contributed by atoms with Gasteiger partial charge in [-0.05, 0) is 38.6 Å². The Kier molecular flexibility index (Phi) is 30.3. The van der Waals surface area contributed by atoms with E-state index in [1.807, 2.05) is 19.0 Å². The second kappa shape index (κ2) is 26.1. The Hall–Kier alpha value is 1.17. The first-order chi connectivity index (χ1) is 10.4. The van der Waals surface area contributed by atoms with Crippen molar-refractivity contribution in [2.45, 2.75) is 96.8 Å². The predicted octanol–water partition coefficient (Wildman–Crippen LogP) is 6.87. The van der Waals surface area contributed by atoms with Gasteiger partial charge in [-0.25, -0.2) is 0 Å². The van der Waals surface area contributed by atoms with Gasteiger partial charge >= 0.3 is 36.3 Å². The first-order valence-electron chi connectivity index (χ1n) is 8.88. The molecule has 132 valence electrons. The summed E-state index contributed by atoms with van der Waals surface area (Å²) in [5.74, 6) is 0. The number of rotatable bonds is 15. The molecule has 0 saturated heterocycles. The normalized spacial score (nSPS) is 10.7. The molecule has 0 unspecified atom stereocenters. The number of hydrogen-bond acceptors (Lipinski definition) is 1. The van der Waals surface area contributed by atoms with E-state index in [2.05, 4.69) is 36.3 Å². The summed E-state index contributed by atoms with van der Waals surface area (Å²) in [4.78, 5) is 0. The van der Waals surface area contributed by atoms with Gasteiger partial charge in [0.1, 0.15) is 0 Å². The first kappa shape index (κ1) is 24.4. The van der Waals surface area contributed by atoms with E-state index in [1.54, 1.807) is 0 Å². The Morgan fingerprint density at radius 3 is 1.48 bits per heavy atom. The van der Waals surface area contributed by atoms with Crippen LogP contribution in [0.3, 0.4) is 0 Å². The summed E-state index contributed by atoms with van der Waals surface area (Å²) in [6.45, 7) is 3.14. The van der Waals surface area contributed by atoms with E-state index in [1.165, 1.54) is 89.9 Å². The fourth-order valence-electron chi connectivity index (χ4n) is 2.39. The number of halogens is 1. The molecule has 0 aromatic carbocycles. The fraction of sp³-hybridized carbons (Fsp3) is 0.889. The Morgan fingerprint density at radius 1 is 0.667 bits per heavy atom. The molecule has 3 heteroatoms. The Balaban J connectivity index is 0. The maximum absolute atomic E-state index is 5.47. The molecular formula is C18H37AgIN. The summed E-state index contributed by atoms with van der Waals surface area (Å²) in [6.07, 6.45) is 23.9. The minimum absolute atomic E-state index is 0.862. The van der Waals surface area contributed by atoms with E-state index < -0.39 is 0 Å². The zero-order valence-electron chi connectivity index (χ0n) is 14.0. The molecule has 0 aliphatic carbocycles. The molecule has 0 bridgehead atoms. The molecular weight excluding hydrogens is 465 g/mol. The monoisotopic (exact) mass is 501 g/mol. The van der Waals surface area contributed by atoms with E-state index in [0.717, 1.165) is 6.54 Å². The van der Waals surface area contributed by atoms with Gasteiger partial charge in [0.05, 0.1) is 0 Å². The van der Waals surface area contributed by atoms with Crippen molar-refractivity contribution in [3.05, 3.63) is 12.2 Å². The van der Waals surface area contributed by atoms with E-state index in [-0.39, 0.29) is 0 Å². The summed E-state index contributed by atoms with van der Waals surface area (Å²) in [6, 6.07) is 0. The number of hydrogen-bond donors (Lipinski definition) is 1. The van der Waals surface area contributed by atoms with Gasteiger partial charge in [0.15, 0.2) is 0 Å². The zero-order valence-corrected chi connectivity index (χ0v) is 17.7. The molecule has 0 saturated carbocycles. The van der Waals surface area contributed by atoms with Crippen LogP contribution in [0.2, 0.25) is 0 Å². The van der Waals surface area contributed by atoms with Crippen LogP contribution in [0.25, 0.3) is 0 Å². The topological polar surface area (TPSA) is 26.0 Å². The molecule has 0 aliphatic rings. The van der Waals surface area contributed by atoms with Gasteiger partial charge in [0, 0.05) is 0 Å². The number of nitrogens with two attached hydrogens (primary N) is 1. The molecule has 0 aromatic rings. The van der Waals surface area contributed by atoms with Crippen LogP contribution >= 0.6 is 19.0 Å². The van der Waals surface area contributed by atoms with Gasteiger partial charge in [0.25, 0.3) is 0 Å². The van der Waals surface area contributed by atoms with Crippen LogP contribution in [0.15, 0.2) is 12.2 Å². The van der Waals surface area contributed by atoms with Crippen LogP contribution in [-0.2, 0) is 17.3 Å². The van der Waals surface area contributed by atoms with Gasteiger partial charge in [-0.2, -0.15) is 0 Å². The SMILES string of the molecule is CCCCCCCC/C=C\CCCCCCCCN.[Ag][I]. The van der Waals surface area contributed by atoms with E-state index in [4.69, 9.17) is 5.73 Å². The van der Waals surface area contributed by atoms with Crippen molar-refractivity contribution in [1.29, 1.82) is 0 Å². The van der Waals surface area contributed by atoms with Crippen LogP contribution in [-0.4, -0.2) is 6.54 Å². The van der Waals surface area contributed by atoms with Gasteiger partial charge in [-0.15, -0.1) is 0 Å². The predicted molar refractivity (Wildman–Crippen MR) is 103 cm³/mol. The van der Waals surface area contributed by atoms with Gasteiger partial charge < -0.3 is 5.73 Å².